The van der Waals surface area contributed by atoms with Gasteiger partial charge in [-0.25, -0.2) is 0 Å². The van der Waals surface area contributed by atoms with Crippen molar-refractivity contribution in [3.63, 3.8) is 0 Å². The molecule has 4 heteroatoms. The van der Waals surface area contributed by atoms with Crippen molar-refractivity contribution < 1.29 is 19.1 Å². The number of para-hydroxylation sites is 1. The molecule has 0 aliphatic carbocycles. The Morgan fingerprint density at radius 1 is 1.55 bits per heavy atom. The molecule has 0 amide bonds. The van der Waals surface area contributed by atoms with Crippen molar-refractivity contribution in [2.24, 2.45) is 11.8 Å². The Morgan fingerprint density at radius 3 is 3.00 bits per heavy atom. The minimum atomic E-state index is -0.534. The van der Waals surface area contributed by atoms with Crippen LogP contribution in [0.4, 0.5) is 0 Å². The quantitative estimate of drug-likeness (QED) is 0.612. The van der Waals surface area contributed by atoms with Crippen LogP contribution in [0.3, 0.4) is 0 Å². The summed E-state index contributed by atoms with van der Waals surface area (Å²) in [5.41, 5.74) is 0.530. The van der Waals surface area contributed by atoms with Crippen molar-refractivity contribution in [1.82, 2.24) is 0 Å². The lowest BCUT2D eigenvalue weighted by molar-refractivity contribution is -0.149. The topological polar surface area (TPSA) is 52.6 Å². The number of hydrogen-bond acceptors (Lipinski definition) is 4. The molecular formula is C16H18O4. The van der Waals surface area contributed by atoms with E-state index >= 15 is 0 Å². The maximum atomic E-state index is 12.5. The van der Waals surface area contributed by atoms with Gasteiger partial charge in [-0.2, -0.15) is 0 Å². The third kappa shape index (κ3) is 2.74. The monoisotopic (exact) mass is 274 g/mol. The molecule has 0 bridgehead atoms. The summed E-state index contributed by atoms with van der Waals surface area (Å²) in [7, 11) is 0. The van der Waals surface area contributed by atoms with E-state index in [1.54, 1.807) is 31.2 Å². The SMILES string of the molecule is C=CC[C@@H](C(=O)OCC)[C@H]1COc2ccccc2C1=O. The first kappa shape index (κ1) is 14.3. The molecule has 0 spiro atoms. The summed E-state index contributed by atoms with van der Waals surface area (Å²) < 4.78 is 10.7. The first-order valence-electron chi connectivity index (χ1n) is 6.72. The Labute approximate surface area is 118 Å². The zero-order chi connectivity index (χ0) is 14.5. The van der Waals surface area contributed by atoms with Crippen molar-refractivity contribution in [2.75, 3.05) is 13.2 Å². The molecule has 0 saturated heterocycles. The second kappa shape index (κ2) is 6.37. The number of hydrogen-bond donors (Lipinski definition) is 0. The molecule has 1 aromatic rings. The molecule has 1 aliphatic heterocycles. The first-order valence-corrected chi connectivity index (χ1v) is 6.72. The molecule has 1 aliphatic rings. The average molecular weight is 274 g/mol. The van der Waals surface area contributed by atoms with E-state index in [0.29, 0.717) is 24.3 Å². The van der Waals surface area contributed by atoms with Gasteiger partial charge in [0.15, 0.2) is 5.78 Å². The van der Waals surface area contributed by atoms with Gasteiger partial charge in [0.1, 0.15) is 5.75 Å². The highest BCUT2D eigenvalue weighted by Gasteiger charge is 2.38. The van der Waals surface area contributed by atoms with Gasteiger partial charge in [0.25, 0.3) is 0 Å². The van der Waals surface area contributed by atoms with Crippen LogP contribution in [0.1, 0.15) is 23.7 Å². The smallest absolute Gasteiger partial charge is 0.310 e. The number of carbonyl (C=O) groups is 2. The molecule has 0 radical (unpaired) electrons. The lowest BCUT2D eigenvalue weighted by atomic mass is 9.82. The van der Waals surface area contributed by atoms with E-state index in [1.165, 1.54) is 0 Å². The van der Waals surface area contributed by atoms with Gasteiger partial charge < -0.3 is 9.47 Å². The van der Waals surface area contributed by atoms with E-state index < -0.39 is 11.8 Å². The van der Waals surface area contributed by atoms with Gasteiger partial charge in [0.2, 0.25) is 0 Å². The lowest BCUT2D eigenvalue weighted by Crippen LogP contribution is -2.38. The van der Waals surface area contributed by atoms with Gasteiger partial charge >= 0.3 is 5.97 Å². The summed E-state index contributed by atoms with van der Waals surface area (Å²) in [5, 5.41) is 0. The van der Waals surface area contributed by atoms with Crippen LogP contribution in [-0.2, 0) is 9.53 Å². The van der Waals surface area contributed by atoms with Gasteiger partial charge in [-0.15, -0.1) is 6.58 Å². The fourth-order valence-corrected chi connectivity index (χ4v) is 2.40. The van der Waals surface area contributed by atoms with Crippen molar-refractivity contribution in [1.29, 1.82) is 0 Å². The summed E-state index contributed by atoms with van der Waals surface area (Å²) in [6.45, 7) is 5.89. The van der Waals surface area contributed by atoms with Gasteiger partial charge in [0, 0.05) is 0 Å². The zero-order valence-electron chi connectivity index (χ0n) is 11.5. The third-order valence-corrected chi connectivity index (χ3v) is 3.40. The standard InChI is InChI=1S/C16H18O4/c1-3-7-11(16(18)19-4-2)13-10-20-14-9-6-5-8-12(14)15(13)17/h3,5-6,8-9,11,13H,1,4,7,10H2,2H3/t11-,13-/m1/s1. The number of benzene rings is 1. The van der Waals surface area contributed by atoms with Crippen molar-refractivity contribution in [3.05, 3.63) is 42.5 Å². The summed E-state index contributed by atoms with van der Waals surface area (Å²) in [5.74, 6) is -0.897. The predicted octanol–water partition coefficient (Wildman–Crippen LogP) is 2.63. The van der Waals surface area contributed by atoms with E-state index in [1.807, 2.05) is 6.07 Å². The highest BCUT2D eigenvalue weighted by Crippen LogP contribution is 2.32. The fourth-order valence-electron chi connectivity index (χ4n) is 2.40. The molecule has 0 N–H and O–H groups in total. The molecule has 0 unspecified atom stereocenters. The largest absolute Gasteiger partial charge is 0.492 e. The molecule has 1 aromatic carbocycles. The Hall–Kier alpha value is -2.10. The second-order valence-corrected chi connectivity index (χ2v) is 4.66. The number of ether oxygens (including phenoxy) is 2. The van der Waals surface area contributed by atoms with Crippen molar-refractivity contribution in [3.8, 4) is 5.75 Å². The van der Waals surface area contributed by atoms with E-state index in [9.17, 15) is 9.59 Å². The number of carbonyl (C=O) groups excluding carboxylic acids is 2. The van der Waals surface area contributed by atoms with Crippen LogP contribution in [0.2, 0.25) is 0 Å². The fraction of sp³-hybridized carbons (Fsp3) is 0.375. The number of fused-ring (bicyclic) bond motifs is 1. The molecule has 2 atom stereocenters. The van der Waals surface area contributed by atoms with Gasteiger partial charge in [-0.3, -0.25) is 9.59 Å². The Kier molecular flexibility index (Phi) is 4.56. The molecule has 20 heavy (non-hydrogen) atoms. The van der Waals surface area contributed by atoms with Crippen LogP contribution in [0.15, 0.2) is 36.9 Å². The summed E-state index contributed by atoms with van der Waals surface area (Å²) >= 11 is 0. The summed E-state index contributed by atoms with van der Waals surface area (Å²) in [6, 6.07) is 7.09. The number of allylic oxidation sites excluding steroid dienone is 1. The maximum Gasteiger partial charge on any atom is 0.310 e. The van der Waals surface area contributed by atoms with Crippen LogP contribution in [0.25, 0.3) is 0 Å². The number of esters is 1. The number of rotatable bonds is 5. The van der Waals surface area contributed by atoms with E-state index in [0.717, 1.165) is 0 Å². The van der Waals surface area contributed by atoms with Gasteiger partial charge in [-0.1, -0.05) is 18.2 Å². The van der Waals surface area contributed by atoms with E-state index in [2.05, 4.69) is 6.58 Å². The number of ketones is 1. The minimum absolute atomic E-state index is 0.0632. The summed E-state index contributed by atoms with van der Waals surface area (Å²) in [4.78, 5) is 24.5. The molecule has 2 rings (SSSR count). The van der Waals surface area contributed by atoms with Gasteiger partial charge in [-0.05, 0) is 25.5 Å². The van der Waals surface area contributed by atoms with Crippen molar-refractivity contribution in [2.45, 2.75) is 13.3 Å². The average Bonchev–Trinajstić information content (AvgIpc) is 2.46. The third-order valence-electron chi connectivity index (χ3n) is 3.40. The maximum absolute atomic E-state index is 12.5. The van der Waals surface area contributed by atoms with Crippen LogP contribution in [0.5, 0.6) is 5.75 Å². The highest BCUT2D eigenvalue weighted by atomic mass is 16.5. The highest BCUT2D eigenvalue weighted by molar-refractivity contribution is 6.03. The minimum Gasteiger partial charge on any atom is -0.492 e. The van der Waals surface area contributed by atoms with E-state index in [-0.39, 0.29) is 18.4 Å². The molecule has 0 saturated carbocycles. The second-order valence-electron chi connectivity index (χ2n) is 4.66. The Morgan fingerprint density at radius 2 is 2.30 bits per heavy atom. The van der Waals surface area contributed by atoms with Crippen LogP contribution in [-0.4, -0.2) is 25.0 Å². The molecule has 0 fully saturated rings. The normalized spacial score (nSPS) is 18.6. The van der Waals surface area contributed by atoms with E-state index in [4.69, 9.17) is 9.47 Å². The molecular weight excluding hydrogens is 256 g/mol. The van der Waals surface area contributed by atoms with Crippen LogP contribution in [0, 0.1) is 11.8 Å². The first-order chi connectivity index (χ1) is 9.69. The lowest BCUT2D eigenvalue weighted by Gasteiger charge is -2.28. The zero-order valence-corrected chi connectivity index (χ0v) is 11.5. The Balaban J connectivity index is 2.25. The number of Topliss-reactive ketones (excluding diaryl/α,β-unsaturated/α-hetero) is 1. The predicted molar refractivity (Wildman–Crippen MR) is 74.7 cm³/mol. The summed E-state index contributed by atoms with van der Waals surface area (Å²) in [6.07, 6.45) is 2.04. The molecule has 4 nitrogen and oxygen atoms in total. The van der Waals surface area contributed by atoms with Crippen LogP contribution >= 0.6 is 0 Å². The molecule has 106 valence electrons. The van der Waals surface area contributed by atoms with Crippen LogP contribution < -0.4 is 4.74 Å². The van der Waals surface area contributed by atoms with Gasteiger partial charge in [0.05, 0.1) is 30.6 Å². The molecule has 1 heterocycles. The Bertz CT molecular complexity index is 521. The van der Waals surface area contributed by atoms with Crippen molar-refractivity contribution >= 4 is 11.8 Å². The molecule has 0 aromatic heterocycles.